The Morgan fingerprint density at radius 2 is 1.66 bits per heavy atom. The average molecular weight is 466 g/mol. The van der Waals surface area contributed by atoms with Gasteiger partial charge >= 0.3 is 0 Å². The van der Waals surface area contributed by atoms with Gasteiger partial charge in [-0.2, -0.15) is 0 Å². The van der Waals surface area contributed by atoms with E-state index in [2.05, 4.69) is 6.58 Å². The Balaban J connectivity index is 1.70. The zero-order valence-corrected chi connectivity index (χ0v) is 18.5. The molecular weight excluding hydrogens is 447 g/mol. The maximum absolute atomic E-state index is 14.3. The molecule has 35 heavy (non-hydrogen) atoms. The number of amides is 2. The number of benzene rings is 3. The van der Waals surface area contributed by atoms with Crippen molar-refractivity contribution < 1.29 is 18.4 Å². The molecule has 1 atom stereocenters. The Morgan fingerprint density at radius 1 is 0.943 bits per heavy atom. The van der Waals surface area contributed by atoms with Gasteiger partial charge in [0, 0.05) is 18.7 Å². The highest BCUT2D eigenvalue weighted by Crippen LogP contribution is 2.52. The summed E-state index contributed by atoms with van der Waals surface area (Å²) in [5, 5.41) is 0.287. The molecule has 2 amide bonds. The molecule has 0 saturated heterocycles. The Hall–Kier alpha value is -4.52. The van der Waals surface area contributed by atoms with Crippen molar-refractivity contribution in [2.75, 3.05) is 11.4 Å². The van der Waals surface area contributed by atoms with Gasteiger partial charge in [-0.3, -0.25) is 14.4 Å². The van der Waals surface area contributed by atoms with E-state index in [-0.39, 0.29) is 35.4 Å². The largest absolute Gasteiger partial charge is 0.450 e. The lowest BCUT2D eigenvalue weighted by Gasteiger charge is -2.34. The number of carbonyl (C=O) groups is 2. The molecule has 4 aromatic rings. The quantitative estimate of drug-likeness (QED) is 0.419. The average Bonchev–Trinajstić information content (AvgIpc) is 3.26. The summed E-state index contributed by atoms with van der Waals surface area (Å²) in [6.07, 6.45) is 1.60. The fraction of sp³-hybridized carbons (Fsp3) is 0.107. The van der Waals surface area contributed by atoms with Crippen LogP contribution in [0, 0.1) is 5.82 Å². The molecule has 0 bridgehead atoms. The van der Waals surface area contributed by atoms with Gasteiger partial charge in [-0.15, -0.1) is 6.58 Å². The second kappa shape index (κ2) is 7.50. The zero-order valence-electron chi connectivity index (χ0n) is 18.5. The number of carbonyl (C=O) groups excluding carboxylic acids is 2. The number of hydrogen-bond acceptors (Lipinski definition) is 4. The van der Waals surface area contributed by atoms with Crippen LogP contribution in [-0.2, 0) is 16.9 Å². The molecule has 3 heterocycles. The van der Waals surface area contributed by atoms with Crippen LogP contribution in [-0.4, -0.2) is 23.3 Å². The van der Waals surface area contributed by atoms with Crippen molar-refractivity contribution in [1.82, 2.24) is 4.90 Å². The SMILES string of the molecule is C=CCN1C(=O)C2(c3ccccc31)c1c(oc3ccccc3c1=O)C(=O)N2Cc1ccc(F)cc1. The third-order valence-electron chi connectivity index (χ3n) is 6.71. The summed E-state index contributed by atoms with van der Waals surface area (Å²) < 4.78 is 19.6. The fourth-order valence-corrected chi connectivity index (χ4v) is 5.24. The topological polar surface area (TPSA) is 70.8 Å². The van der Waals surface area contributed by atoms with Crippen molar-refractivity contribution in [3.63, 3.8) is 0 Å². The molecule has 7 heteroatoms. The van der Waals surface area contributed by atoms with Crippen LogP contribution in [0.25, 0.3) is 11.0 Å². The molecule has 3 aromatic carbocycles. The molecule has 0 saturated carbocycles. The van der Waals surface area contributed by atoms with Crippen molar-refractivity contribution in [3.05, 3.63) is 124 Å². The predicted octanol–water partition coefficient (Wildman–Crippen LogP) is 4.36. The molecule has 2 aliphatic rings. The van der Waals surface area contributed by atoms with Crippen LogP contribution < -0.4 is 10.3 Å². The van der Waals surface area contributed by atoms with Gasteiger partial charge in [-0.25, -0.2) is 4.39 Å². The lowest BCUT2D eigenvalue weighted by molar-refractivity contribution is -0.126. The lowest BCUT2D eigenvalue weighted by atomic mass is 9.83. The standard InChI is InChI=1S/C28H19FN2O4/c1-2-15-30-21-9-5-4-8-20(21)28(27(30)34)23-24(32)19-7-3-6-10-22(19)35-25(23)26(33)31(28)16-17-11-13-18(29)14-12-17/h2-14H,1,15-16H2. The van der Waals surface area contributed by atoms with Crippen LogP contribution in [0.3, 0.4) is 0 Å². The van der Waals surface area contributed by atoms with Crippen LogP contribution in [0.2, 0.25) is 0 Å². The van der Waals surface area contributed by atoms with Gasteiger partial charge in [0.1, 0.15) is 11.4 Å². The molecule has 2 aliphatic heterocycles. The highest BCUT2D eigenvalue weighted by Gasteiger charge is 2.64. The molecule has 0 aliphatic carbocycles. The molecule has 6 nitrogen and oxygen atoms in total. The Labute approximate surface area is 199 Å². The molecule has 0 fully saturated rings. The minimum atomic E-state index is -1.72. The van der Waals surface area contributed by atoms with E-state index in [1.807, 2.05) is 0 Å². The van der Waals surface area contributed by atoms with Crippen molar-refractivity contribution in [2.24, 2.45) is 0 Å². The predicted molar refractivity (Wildman–Crippen MR) is 129 cm³/mol. The van der Waals surface area contributed by atoms with E-state index < -0.39 is 28.6 Å². The summed E-state index contributed by atoms with van der Waals surface area (Å²) in [5.74, 6) is -1.58. The smallest absolute Gasteiger partial charge is 0.291 e. The molecule has 6 rings (SSSR count). The van der Waals surface area contributed by atoms with Gasteiger partial charge in [-0.05, 0) is 35.9 Å². The second-order valence-electron chi connectivity index (χ2n) is 8.58. The number of anilines is 1. The third-order valence-corrected chi connectivity index (χ3v) is 6.71. The van der Waals surface area contributed by atoms with Gasteiger partial charge in [0.25, 0.3) is 11.8 Å². The number of hydrogen-bond donors (Lipinski definition) is 0. The Bertz CT molecular complexity index is 1610. The van der Waals surface area contributed by atoms with Gasteiger partial charge < -0.3 is 14.2 Å². The van der Waals surface area contributed by atoms with Crippen LogP contribution in [0.1, 0.15) is 27.2 Å². The summed E-state index contributed by atoms with van der Waals surface area (Å²) in [7, 11) is 0. The van der Waals surface area contributed by atoms with Crippen molar-refractivity contribution in [2.45, 2.75) is 12.1 Å². The molecule has 172 valence electrons. The van der Waals surface area contributed by atoms with E-state index in [9.17, 15) is 18.8 Å². The first-order chi connectivity index (χ1) is 17.0. The number of para-hydroxylation sites is 2. The highest BCUT2D eigenvalue weighted by atomic mass is 19.1. The summed E-state index contributed by atoms with van der Waals surface area (Å²) in [6.45, 7) is 3.94. The number of rotatable bonds is 4. The first kappa shape index (κ1) is 21.0. The molecule has 1 unspecified atom stereocenters. The molecular formula is C28H19FN2O4. The molecule has 0 N–H and O–H groups in total. The molecule has 0 radical (unpaired) electrons. The zero-order chi connectivity index (χ0) is 24.3. The molecule has 1 spiro atoms. The summed E-state index contributed by atoms with van der Waals surface area (Å²) >= 11 is 0. The van der Waals surface area contributed by atoms with Crippen molar-refractivity contribution in [3.8, 4) is 0 Å². The van der Waals surface area contributed by atoms with E-state index in [0.717, 1.165) is 0 Å². The van der Waals surface area contributed by atoms with Crippen LogP contribution >= 0.6 is 0 Å². The van der Waals surface area contributed by atoms with Gasteiger partial charge in [0.2, 0.25) is 5.76 Å². The molecule has 1 aromatic heterocycles. The number of halogens is 1. The summed E-state index contributed by atoms with van der Waals surface area (Å²) in [6, 6.07) is 19.5. The van der Waals surface area contributed by atoms with Gasteiger partial charge in [-0.1, -0.05) is 48.5 Å². The van der Waals surface area contributed by atoms with Crippen molar-refractivity contribution in [1.29, 1.82) is 0 Å². The van der Waals surface area contributed by atoms with Crippen LogP contribution in [0.5, 0.6) is 0 Å². The van der Waals surface area contributed by atoms with Crippen LogP contribution in [0.4, 0.5) is 10.1 Å². The Morgan fingerprint density at radius 3 is 2.43 bits per heavy atom. The normalized spacial score (nSPS) is 18.4. The van der Waals surface area contributed by atoms with E-state index in [4.69, 9.17) is 4.42 Å². The van der Waals surface area contributed by atoms with E-state index in [0.29, 0.717) is 16.8 Å². The fourth-order valence-electron chi connectivity index (χ4n) is 5.24. The number of fused-ring (bicyclic) bond motifs is 5. The minimum Gasteiger partial charge on any atom is -0.450 e. The lowest BCUT2D eigenvalue weighted by Crippen LogP contribution is -2.53. The monoisotopic (exact) mass is 466 g/mol. The first-order valence-corrected chi connectivity index (χ1v) is 11.1. The second-order valence-corrected chi connectivity index (χ2v) is 8.58. The van der Waals surface area contributed by atoms with Crippen molar-refractivity contribution >= 4 is 28.5 Å². The highest BCUT2D eigenvalue weighted by molar-refractivity contribution is 6.17. The van der Waals surface area contributed by atoms with Gasteiger partial charge in [0.05, 0.1) is 16.6 Å². The maximum Gasteiger partial charge on any atom is 0.291 e. The van der Waals surface area contributed by atoms with Crippen LogP contribution in [0.15, 0.2) is 94.7 Å². The maximum atomic E-state index is 14.3. The Kier molecular flexibility index (Phi) is 4.51. The number of nitrogens with zero attached hydrogens (tertiary/aromatic N) is 2. The van der Waals surface area contributed by atoms with Gasteiger partial charge in [0.15, 0.2) is 11.0 Å². The summed E-state index contributed by atoms with van der Waals surface area (Å²) in [4.78, 5) is 45.0. The first-order valence-electron chi connectivity index (χ1n) is 11.1. The van der Waals surface area contributed by atoms with E-state index in [1.165, 1.54) is 21.9 Å². The van der Waals surface area contributed by atoms with E-state index in [1.54, 1.807) is 66.7 Å². The minimum absolute atomic E-state index is 0.00678. The van der Waals surface area contributed by atoms with E-state index >= 15 is 0 Å². The third kappa shape index (κ3) is 2.72. The summed E-state index contributed by atoms with van der Waals surface area (Å²) in [5.41, 5.74) is -0.155.